The van der Waals surface area contributed by atoms with Crippen molar-refractivity contribution in [3.05, 3.63) is 48.2 Å². The van der Waals surface area contributed by atoms with Crippen LogP contribution in [0.5, 0.6) is 5.88 Å². The first-order valence-electron chi connectivity index (χ1n) is 10.9. The minimum Gasteiger partial charge on any atom is -0.474 e. The van der Waals surface area contributed by atoms with Crippen LogP contribution in [0.4, 0.5) is 16.2 Å². The van der Waals surface area contributed by atoms with Crippen molar-refractivity contribution in [2.45, 2.75) is 57.3 Å². The number of carbonyl (C=O) groups is 2. The Morgan fingerprint density at radius 1 is 1.00 bits per heavy atom. The number of benzene rings is 1. The van der Waals surface area contributed by atoms with Gasteiger partial charge in [0.15, 0.2) is 0 Å². The molecule has 2 aromatic rings. The molecule has 4 rings (SSSR count). The summed E-state index contributed by atoms with van der Waals surface area (Å²) in [6, 6.07) is 10.4. The number of ether oxygens (including phenoxy) is 2. The molecule has 164 valence electrons. The van der Waals surface area contributed by atoms with Gasteiger partial charge in [0.1, 0.15) is 12.2 Å². The molecule has 0 radical (unpaired) electrons. The first kappa shape index (κ1) is 21.1. The van der Waals surface area contributed by atoms with Gasteiger partial charge in [0, 0.05) is 36.3 Å². The summed E-state index contributed by atoms with van der Waals surface area (Å²) in [6.07, 6.45) is 7.66. The van der Waals surface area contributed by atoms with Gasteiger partial charge in [-0.05, 0) is 68.9 Å². The van der Waals surface area contributed by atoms with Crippen LogP contribution < -0.4 is 20.7 Å². The summed E-state index contributed by atoms with van der Waals surface area (Å²) in [7, 11) is 0. The van der Waals surface area contributed by atoms with Crippen LogP contribution in [0.25, 0.3) is 0 Å². The molecule has 0 bridgehead atoms. The Balaban J connectivity index is 1.26. The first-order chi connectivity index (χ1) is 15.2. The van der Waals surface area contributed by atoms with Crippen LogP contribution in [0.15, 0.2) is 42.6 Å². The largest absolute Gasteiger partial charge is 0.474 e. The highest BCUT2D eigenvalue weighted by atomic mass is 16.5. The van der Waals surface area contributed by atoms with E-state index in [0.717, 1.165) is 31.2 Å². The second kappa shape index (κ2) is 10.3. The number of hydrogen-bond acceptors (Lipinski definition) is 5. The molecule has 1 saturated heterocycles. The van der Waals surface area contributed by atoms with Gasteiger partial charge in [0.2, 0.25) is 5.88 Å². The fourth-order valence-corrected chi connectivity index (χ4v) is 3.82. The zero-order chi connectivity index (χ0) is 21.5. The van der Waals surface area contributed by atoms with Gasteiger partial charge in [-0.2, -0.15) is 0 Å². The maximum atomic E-state index is 12.3. The summed E-state index contributed by atoms with van der Waals surface area (Å²) >= 11 is 0. The van der Waals surface area contributed by atoms with E-state index in [4.69, 9.17) is 9.47 Å². The molecule has 2 heterocycles. The van der Waals surface area contributed by atoms with Crippen molar-refractivity contribution >= 4 is 23.3 Å². The molecule has 1 aromatic carbocycles. The van der Waals surface area contributed by atoms with Crippen LogP contribution >= 0.6 is 0 Å². The van der Waals surface area contributed by atoms with Gasteiger partial charge in [0.05, 0.1) is 0 Å². The standard InChI is InChI=1S/C23H28N4O4/c28-21(20-8-4-14-30-20)26-17-9-11-18(12-10-17)27-23(29)25-15-16-5-3-13-24-22(16)31-19-6-1-2-7-19/h3,5,9-13,19-20H,1-2,4,6-8,14-15H2,(H,26,28)(H2,25,27,29)/t20-/m0/s1. The quantitative estimate of drug-likeness (QED) is 0.627. The number of carbonyl (C=O) groups excluding carboxylic acids is 2. The van der Waals surface area contributed by atoms with E-state index < -0.39 is 0 Å². The predicted molar refractivity (Wildman–Crippen MR) is 117 cm³/mol. The lowest BCUT2D eigenvalue weighted by Gasteiger charge is -2.15. The smallest absolute Gasteiger partial charge is 0.319 e. The second-order valence-corrected chi connectivity index (χ2v) is 7.87. The van der Waals surface area contributed by atoms with Crippen LogP contribution in [0.3, 0.4) is 0 Å². The van der Waals surface area contributed by atoms with E-state index in [1.807, 2.05) is 12.1 Å². The minimum atomic E-state index is -0.376. The topological polar surface area (TPSA) is 102 Å². The fraction of sp³-hybridized carbons (Fsp3) is 0.435. The van der Waals surface area contributed by atoms with Crippen LogP contribution in [0.1, 0.15) is 44.1 Å². The summed E-state index contributed by atoms with van der Waals surface area (Å²) in [5.74, 6) is 0.448. The molecular formula is C23H28N4O4. The van der Waals surface area contributed by atoms with Crippen molar-refractivity contribution in [1.29, 1.82) is 0 Å². The molecule has 3 N–H and O–H groups in total. The van der Waals surface area contributed by atoms with E-state index >= 15 is 0 Å². The molecule has 0 spiro atoms. The van der Waals surface area contributed by atoms with E-state index in [-0.39, 0.29) is 24.1 Å². The third kappa shape index (κ3) is 5.95. The number of pyridine rings is 1. The lowest BCUT2D eigenvalue weighted by atomic mass is 10.2. The number of rotatable bonds is 7. The van der Waals surface area contributed by atoms with Crippen LogP contribution in [-0.2, 0) is 16.1 Å². The molecule has 31 heavy (non-hydrogen) atoms. The zero-order valence-electron chi connectivity index (χ0n) is 17.4. The molecule has 3 amide bonds. The molecule has 1 aliphatic heterocycles. The third-order valence-electron chi connectivity index (χ3n) is 5.50. The number of anilines is 2. The van der Waals surface area contributed by atoms with Gasteiger partial charge in [0.25, 0.3) is 5.91 Å². The molecule has 1 saturated carbocycles. The normalized spacial score (nSPS) is 18.5. The number of urea groups is 1. The van der Waals surface area contributed by atoms with Gasteiger partial charge >= 0.3 is 6.03 Å². The van der Waals surface area contributed by atoms with E-state index in [0.29, 0.717) is 30.4 Å². The molecule has 1 atom stereocenters. The van der Waals surface area contributed by atoms with Crippen molar-refractivity contribution < 1.29 is 19.1 Å². The summed E-state index contributed by atoms with van der Waals surface area (Å²) in [5, 5.41) is 8.47. The Kier molecular flexibility index (Phi) is 6.99. The Hall–Kier alpha value is -3.13. The van der Waals surface area contributed by atoms with Crippen molar-refractivity contribution in [3.63, 3.8) is 0 Å². The van der Waals surface area contributed by atoms with E-state index in [2.05, 4.69) is 20.9 Å². The van der Waals surface area contributed by atoms with E-state index in [9.17, 15) is 9.59 Å². The highest BCUT2D eigenvalue weighted by Crippen LogP contribution is 2.25. The molecule has 2 fully saturated rings. The number of hydrogen-bond donors (Lipinski definition) is 3. The molecule has 0 unspecified atom stereocenters. The van der Waals surface area contributed by atoms with E-state index in [1.54, 1.807) is 30.5 Å². The second-order valence-electron chi connectivity index (χ2n) is 7.87. The van der Waals surface area contributed by atoms with Crippen molar-refractivity contribution in [3.8, 4) is 5.88 Å². The number of amides is 3. The average molecular weight is 425 g/mol. The minimum absolute atomic E-state index is 0.136. The summed E-state index contributed by atoms with van der Waals surface area (Å²) < 4.78 is 11.4. The lowest BCUT2D eigenvalue weighted by Crippen LogP contribution is -2.29. The van der Waals surface area contributed by atoms with Gasteiger partial charge in [-0.25, -0.2) is 9.78 Å². The Bertz CT molecular complexity index is 891. The Morgan fingerprint density at radius 3 is 2.45 bits per heavy atom. The van der Waals surface area contributed by atoms with Crippen LogP contribution in [0, 0.1) is 0 Å². The van der Waals surface area contributed by atoms with Gasteiger partial charge in [-0.3, -0.25) is 4.79 Å². The lowest BCUT2D eigenvalue weighted by molar-refractivity contribution is -0.124. The highest BCUT2D eigenvalue weighted by molar-refractivity contribution is 5.95. The number of nitrogens with zero attached hydrogens (tertiary/aromatic N) is 1. The summed E-state index contributed by atoms with van der Waals surface area (Å²) in [5.41, 5.74) is 2.13. The monoisotopic (exact) mass is 424 g/mol. The van der Waals surface area contributed by atoms with Crippen LogP contribution in [0.2, 0.25) is 0 Å². The Labute approximate surface area is 181 Å². The molecule has 2 aliphatic rings. The molecule has 1 aromatic heterocycles. The van der Waals surface area contributed by atoms with Crippen molar-refractivity contribution in [1.82, 2.24) is 10.3 Å². The highest BCUT2D eigenvalue weighted by Gasteiger charge is 2.23. The predicted octanol–water partition coefficient (Wildman–Crippen LogP) is 3.84. The van der Waals surface area contributed by atoms with E-state index in [1.165, 1.54) is 12.8 Å². The van der Waals surface area contributed by atoms with Crippen molar-refractivity contribution in [2.75, 3.05) is 17.2 Å². The SMILES string of the molecule is O=C(NCc1cccnc1OC1CCCC1)Nc1ccc(NC(=O)[C@@H]2CCCO2)cc1. The molecule has 1 aliphatic carbocycles. The fourth-order valence-electron chi connectivity index (χ4n) is 3.82. The number of aromatic nitrogens is 1. The number of nitrogens with one attached hydrogen (secondary N) is 3. The summed E-state index contributed by atoms with van der Waals surface area (Å²) in [4.78, 5) is 28.7. The molecule has 8 heteroatoms. The van der Waals surface area contributed by atoms with Crippen LogP contribution in [-0.4, -0.2) is 35.7 Å². The summed E-state index contributed by atoms with van der Waals surface area (Å²) in [6.45, 7) is 0.945. The molecular weight excluding hydrogens is 396 g/mol. The third-order valence-corrected chi connectivity index (χ3v) is 5.50. The average Bonchev–Trinajstić information content (AvgIpc) is 3.49. The first-order valence-corrected chi connectivity index (χ1v) is 10.9. The zero-order valence-corrected chi connectivity index (χ0v) is 17.4. The maximum absolute atomic E-state index is 12.3. The Morgan fingerprint density at radius 2 is 1.74 bits per heavy atom. The van der Waals surface area contributed by atoms with Gasteiger partial charge < -0.3 is 25.4 Å². The molecule has 8 nitrogen and oxygen atoms in total. The van der Waals surface area contributed by atoms with Crippen molar-refractivity contribution in [2.24, 2.45) is 0 Å². The van der Waals surface area contributed by atoms with Gasteiger partial charge in [-0.1, -0.05) is 6.07 Å². The maximum Gasteiger partial charge on any atom is 0.319 e. The van der Waals surface area contributed by atoms with Gasteiger partial charge in [-0.15, -0.1) is 0 Å².